The molecule has 19 heavy (non-hydrogen) atoms. The predicted molar refractivity (Wildman–Crippen MR) is 78.9 cm³/mol. The van der Waals surface area contributed by atoms with Gasteiger partial charge in [0.05, 0.1) is 10.0 Å². The Morgan fingerprint density at radius 2 is 1.68 bits per heavy atom. The third-order valence-corrected chi connectivity index (χ3v) is 3.91. The fourth-order valence-electron chi connectivity index (χ4n) is 1.93. The maximum absolute atomic E-state index is 6.01. The molecule has 0 aliphatic carbocycles. The molecule has 0 radical (unpaired) electrons. The quantitative estimate of drug-likeness (QED) is 0.598. The number of nitrogens with zero attached hydrogens (tertiary/aromatic N) is 1. The van der Waals surface area contributed by atoms with Crippen LogP contribution in [0.4, 0.5) is 0 Å². The first-order chi connectivity index (χ1) is 9.04. The highest BCUT2D eigenvalue weighted by Gasteiger charge is 2.10. The Morgan fingerprint density at radius 1 is 0.947 bits per heavy atom. The van der Waals surface area contributed by atoms with Crippen molar-refractivity contribution in [2.45, 2.75) is 13.8 Å². The van der Waals surface area contributed by atoms with Crippen molar-refractivity contribution in [3.63, 3.8) is 0 Å². The minimum atomic E-state index is 0.494. The second kappa shape index (κ2) is 4.55. The number of fused-ring (bicyclic) bond motifs is 1. The molecule has 1 aromatic heterocycles. The SMILES string of the molecule is Cc1cc2nc(-c3ccc(Cl)c(Cl)c3)oc2cc1C. The molecule has 3 rings (SSSR count). The van der Waals surface area contributed by atoms with E-state index >= 15 is 0 Å². The molecular formula is C15H11Cl2NO. The molecule has 0 amide bonds. The van der Waals surface area contributed by atoms with Gasteiger partial charge in [-0.05, 0) is 55.3 Å². The van der Waals surface area contributed by atoms with E-state index in [4.69, 9.17) is 27.6 Å². The molecule has 0 saturated heterocycles. The lowest BCUT2D eigenvalue weighted by atomic mass is 10.1. The van der Waals surface area contributed by atoms with Crippen molar-refractivity contribution in [2.24, 2.45) is 0 Å². The molecule has 0 aliphatic heterocycles. The van der Waals surface area contributed by atoms with Gasteiger partial charge in [-0.3, -0.25) is 0 Å². The smallest absolute Gasteiger partial charge is 0.227 e. The Bertz CT molecular complexity index is 738. The lowest BCUT2D eigenvalue weighted by Gasteiger charge is -1.98. The maximum Gasteiger partial charge on any atom is 0.227 e. The Kier molecular flexibility index (Phi) is 3.00. The van der Waals surface area contributed by atoms with Crippen molar-refractivity contribution in [2.75, 3.05) is 0 Å². The van der Waals surface area contributed by atoms with E-state index < -0.39 is 0 Å². The summed E-state index contributed by atoms with van der Waals surface area (Å²) in [4.78, 5) is 4.49. The van der Waals surface area contributed by atoms with Gasteiger partial charge in [0, 0.05) is 5.56 Å². The second-order valence-corrected chi connectivity index (χ2v) is 5.37. The standard InChI is InChI=1S/C15H11Cl2NO/c1-8-5-13-14(6-9(8)2)19-15(18-13)10-3-4-11(16)12(17)7-10/h3-7H,1-2H3. The highest BCUT2D eigenvalue weighted by molar-refractivity contribution is 6.42. The van der Waals surface area contributed by atoms with Crippen molar-refractivity contribution in [3.8, 4) is 11.5 Å². The molecule has 1 heterocycles. The molecular weight excluding hydrogens is 281 g/mol. The van der Waals surface area contributed by atoms with Crippen molar-refractivity contribution in [3.05, 3.63) is 51.5 Å². The van der Waals surface area contributed by atoms with E-state index in [9.17, 15) is 0 Å². The van der Waals surface area contributed by atoms with Crippen molar-refractivity contribution in [1.29, 1.82) is 0 Å². The summed E-state index contributed by atoms with van der Waals surface area (Å²) < 4.78 is 5.77. The Hall–Kier alpha value is -1.51. The van der Waals surface area contributed by atoms with E-state index in [1.807, 2.05) is 18.2 Å². The van der Waals surface area contributed by atoms with Crippen LogP contribution in [0.2, 0.25) is 10.0 Å². The van der Waals surface area contributed by atoms with Gasteiger partial charge < -0.3 is 4.42 Å². The van der Waals surface area contributed by atoms with Crippen LogP contribution < -0.4 is 0 Å². The minimum absolute atomic E-state index is 0.494. The van der Waals surface area contributed by atoms with Gasteiger partial charge in [0.2, 0.25) is 5.89 Å². The van der Waals surface area contributed by atoms with E-state index in [0.29, 0.717) is 15.9 Å². The van der Waals surface area contributed by atoms with E-state index in [2.05, 4.69) is 18.8 Å². The number of aryl methyl sites for hydroxylation is 2. The lowest BCUT2D eigenvalue weighted by molar-refractivity contribution is 0.619. The summed E-state index contributed by atoms with van der Waals surface area (Å²) in [5.74, 6) is 0.554. The molecule has 0 N–H and O–H groups in total. The van der Waals surface area contributed by atoms with Gasteiger partial charge in [-0.1, -0.05) is 23.2 Å². The van der Waals surface area contributed by atoms with Crippen molar-refractivity contribution < 1.29 is 4.42 Å². The monoisotopic (exact) mass is 291 g/mol. The molecule has 4 heteroatoms. The van der Waals surface area contributed by atoms with Gasteiger partial charge >= 0.3 is 0 Å². The fourth-order valence-corrected chi connectivity index (χ4v) is 2.23. The number of hydrogen-bond acceptors (Lipinski definition) is 2. The highest BCUT2D eigenvalue weighted by atomic mass is 35.5. The summed E-state index contributed by atoms with van der Waals surface area (Å²) in [6.45, 7) is 4.11. The highest BCUT2D eigenvalue weighted by Crippen LogP contribution is 2.30. The predicted octanol–water partition coefficient (Wildman–Crippen LogP) is 5.42. The number of hydrogen-bond donors (Lipinski definition) is 0. The molecule has 2 nitrogen and oxygen atoms in total. The summed E-state index contributed by atoms with van der Waals surface area (Å²) in [6, 6.07) is 9.37. The Balaban J connectivity index is 2.17. The largest absolute Gasteiger partial charge is 0.436 e. The number of halogens is 2. The average molecular weight is 292 g/mol. The number of rotatable bonds is 1. The first-order valence-electron chi connectivity index (χ1n) is 5.88. The summed E-state index contributed by atoms with van der Waals surface area (Å²) in [6.07, 6.45) is 0. The molecule has 0 bridgehead atoms. The number of oxazole rings is 1. The summed E-state index contributed by atoms with van der Waals surface area (Å²) >= 11 is 11.9. The van der Waals surface area contributed by atoms with Crippen LogP contribution >= 0.6 is 23.2 Å². The van der Waals surface area contributed by atoms with Crippen LogP contribution in [-0.4, -0.2) is 4.98 Å². The molecule has 0 fully saturated rings. The number of benzene rings is 2. The molecule has 2 aromatic carbocycles. The van der Waals surface area contributed by atoms with Gasteiger partial charge in [-0.2, -0.15) is 0 Å². The van der Waals surface area contributed by atoms with E-state index in [1.165, 1.54) is 11.1 Å². The van der Waals surface area contributed by atoms with Crippen LogP contribution in [0.3, 0.4) is 0 Å². The van der Waals surface area contributed by atoms with Gasteiger partial charge in [-0.15, -0.1) is 0 Å². The van der Waals surface area contributed by atoms with Gasteiger partial charge in [-0.25, -0.2) is 4.98 Å². The molecule has 0 atom stereocenters. The molecule has 3 aromatic rings. The van der Waals surface area contributed by atoms with Crippen LogP contribution in [0.25, 0.3) is 22.6 Å². The molecule has 0 saturated carbocycles. The van der Waals surface area contributed by atoms with Gasteiger partial charge in [0.15, 0.2) is 5.58 Å². The fraction of sp³-hybridized carbons (Fsp3) is 0.133. The third-order valence-electron chi connectivity index (χ3n) is 3.17. The molecule has 96 valence electrons. The summed E-state index contributed by atoms with van der Waals surface area (Å²) in [5.41, 5.74) is 4.83. The zero-order valence-electron chi connectivity index (χ0n) is 10.5. The van der Waals surface area contributed by atoms with Crippen LogP contribution in [0, 0.1) is 13.8 Å². The third kappa shape index (κ3) is 2.22. The molecule has 0 aliphatic rings. The van der Waals surface area contributed by atoms with E-state index in [0.717, 1.165) is 16.7 Å². The first-order valence-corrected chi connectivity index (χ1v) is 6.63. The van der Waals surface area contributed by atoms with Crippen molar-refractivity contribution in [1.82, 2.24) is 4.98 Å². The Labute approximate surface area is 121 Å². The van der Waals surface area contributed by atoms with Crippen LogP contribution in [0.15, 0.2) is 34.7 Å². The minimum Gasteiger partial charge on any atom is -0.436 e. The summed E-state index contributed by atoms with van der Waals surface area (Å²) in [5, 5.41) is 1.02. The van der Waals surface area contributed by atoms with Gasteiger partial charge in [0.1, 0.15) is 5.52 Å². The van der Waals surface area contributed by atoms with Crippen LogP contribution in [0.5, 0.6) is 0 Å². The van der Waals surface area contributed by atoms with Crippen LogP contribution in [0.1, 0.15) is 11.1 Å². The van der Waals surface area contributed by atoms with E-state index in [1.54, 1.807) is 12.1 Å². The van der Waals surface area contributed by atoms with Gasteiger partial charge in [0.25, 0.3) is 0 Å². The maximum atomic E-state index is 6.01. The molecule has 0 spiro atoms. The van der Waals surface area contributed by atoms with Crippen molar-refractivity contribution >= 4 is 34.3 Å². The zero-order valence-corrected chi connectivity index (χ0v) is 12.0. The first kappa shape index (κ1) is 12.5. The average Bonchev–Trinajstić information content (AvgIpc) is 2.76. The number of aromatic nitrogens is 1. The zero-order chi connectivity index (χ0) is 13.6. The summed E-state index contributed by atoms with van der Waals surface area (Å²) in [7, 11) is 0. The van der Waals surface area contributed by atoms with E-state index in [-0.39, 0.29) is 0 Å². The van der Waals surface area contributed by atoms with Crippen LogP contribution in [-0.2, 0) is 0 Å². The second-order valence-electron chi connectivity index (χ2n) is 4.55. The topological polar surface area (TPSA) is 26.0 Å². The Morgan fingerprint density at radius 3 is 2.42 bits per heavy atom. The molecule has 0 unspecified atom stereocenters. The normalized spacial score (nSPS) is 11.2. The lowest BCUT2D eigenvalue weighted by Crippen LogP contribution is -1.80.